The van der Waals surface area contributed by atoms with E-state index in [1.54, 1.807) is 5.32 Å². The van der Waals surface area contributed by atoms with Crippen molar-refractivity contribution in [2.75, 3.05) is 0 Å². The molecule has 1 aliphatic heterocycles. The van der Waals surface area contributed by atoms with Crippen LogP contribution >= 0.6 is 0 Å². The number of nitrogens with one attached hydrogen (secondary N) is 1. The predicted octanol–water partition coefficient (Wildman–Crippen LogP) is -0.718. The van der Waals surface area contributed by atoms with E-state index in [0.29, 0.717) is 0 Å². The molecule has 0 bridgehead atoms. The SMILES string of the molecule is NC(=O)C1C(F)NC1F. The summed E-state index contributed by atoms with van der Waals surface area (Å²) in [5, 5.41) is 1.80. The number of carbonyl (C=O) groups excluding carboxylic acids is 1. The summed E-state index contributed by atoms with van der Waals surface area (Å²) in [6.45, 7) is 0. The molecule has 0 aromatic heterocycles. The molecular formula is C4H6F2N2O. The molecule has 2 unspecified atom stereocenters. The van der Waals surface area contributed by atoms with Gasteiger partial charge in [0.25, 0.3) is 0 Å². The van der Waals surface area contributed by atoms with Crippen molar-refractivity contribution >= 4 is 5.91 Å². The average Bonchev–Trinajstić information content (AvgIpc) is 1.62. The van der Waals surface area contributed by atoms with Crippen LogP contribution in [0.15, 0.2) is 0 Å². The van der Waals surface area contributed by atoms with Gasteiger partial charge in [0.05, 0.1) is 0 Å². The summed E-state index contributed by atoms with van der Waals surface area (Å²) in [5.41, 5.74) is 4.62. The number of carbonyl (C=O) groups is 1. The van der Waals surface area contributed by atoms with Gasteiger partial charge < -0.3 is 5.73 Å². The summed E-state index contributed by atoms with van der Waals surface area (Å²) in [5.74, 6) is -2.22. The highest BCUT2D eigenvalue weighted by atomic mass is 19.2. The van der Waals surface area contributed by atoms with E-state index < -0.39 is 24.4 Å². The molecule has 1 fully saturated rings. The summed E-state index contributed by atoms with van der Waals surface area (Å²) in [6.07, 6.45) is -3.20. The van der Waals surface area contributed by atoms with Gasteiger partial charge in [0.2, 0.25) is 5.91 Å². The summed E-state index contributed by atoms with van der Waals surface area (Å²) < 4.78 is 24.1. The molecule has 0 radical (unpaired) electrons. The maximum Gasteiger partial charge on any atom is 0.229 e. The van der Waals surface area contributed by atoms with Crippen LogP contribution in [-0.4, -0.2) is 18.5 Å². The molecule has 5 heteroatoms. The van der Waals surface area contributed by atoms with Gasteiger partial charge in [-0.3, -0.25) is 10.1 Å². The van der Waals surface area contributed by atoms with Crippen LogP contribution in [0.1, 0.15) is 0 Å². The van der Waals surface area contributed by atoms with Crippen LogP contribution in [0.5, 0.6) is 0 Å². The van der Waals surface area contributed by atoms with Crippen molar-refractivity contribution in [2.24, 2.45) is 11.7 Å². The van der Waals surface area contributed by atoms with Gasteiger partial charge in [-0.15, -0.1) is 0 Å². The van der Waals surface area contributed by atoms with Crippen LogP contribution in [0.2, 0.25) is 0 Å². The number of amides is 1. The van der Waals surface area contributed by atoms with Gasteiger partial charge in [-0.1, -0.05) is 0 Å². The fraction of sp³-hybridized carbons (Fsp3) is 0.750. The second-order valence-corrected chi connectivity index (χ2v) is 1.90. The van der Waals surface area contributed by atoms with Crippen molar-refractivity contribution in [1.29, 1.82) is 0 Å². The molecule has 1 rings (SSSR count). The Labute approximate surface area is 50.2 Å². The summed E-state index contributed by atoms with van der Waals surface area (Å²) in [4.78, 5) is 10.1. The standard InChI is InChI=1S/C4H6F2N2O/c5-2-1(4(7)9)3(6)8-2/h1-3,8H,(H2,7,9). The third-order valence-corrected chi connectivity index (χ3v) is 1.28. The first-order chi connectivity index (χ1) is 4.13. The second-order valence-electron chi connectivity index (χ2n) is 1.90. The van der Waals surface area contributed by atoms with Crippen LogP contribution in [0.25, 0.3) is 0 Å². The molecule has 0 aromatic carbocycles. The molecule has 1 heterocycles. The Balaban J connectivity index is 2.49. The molecule has 3 N–H and O–H groups in total. The Morgan fingerprint density at radius 3 is 2.00 bits per heavy atom. The third kappa shape index (κ3) is 0.873. The van der Waals surface area contributed by atoms with E-state index in [4.69, 9.17) is 0 Å². The van der Waals surface area contributed by atoms with E-state index in [2.05, 4.69) is 5.73 Å². The van der Waals surface area contributed by atoms with Gasteiger partial charge in [0, 0.05) is 0 Å². The van der Waals surface area contributed by atoms with Gasteiger partial charge in [0.1, 0.15) is 5.92 Å². The molecule has 1 aliphatic rings. The number of hydrogen-bond acceptors (Lipinski definition) is 2. The first kappa shape index (κ1) is 6.41. The van der Waals surface area contributed by atoms with Crippen molar-refractivity contribution in [1.82, 2.24) is 5.32 Å². The van der Waals surface area contributed by atoms with Crippen molar-refractivity contribution in [3.8, 4) is 0 Å². The highest BCUT2D eigenvalue weighted by Crippen LogP contribution is 2.22. The van der Waals surface area contributed by atoms with E-state index in [-0.39, 0.29) is 0 Å². The van der Waals surface area contributed by atoms with E-state index in [1.807, 2.05) is 0 Å². The first-order valence-corrected chi connectivity index (χ1v) is 2.46. The largest absolute Gasteiger partial charge is 0.369 e. The van der Waals surface area contributed by atoms with Crippen molar-refractivity contribution < 1.29 is 13.6 Å². The maximum absolute atomic E-state index is 12.0. The number of nitrogens with two attached hydrogens (primary N) is 1. The lowest BCUT2D eigenvalue weighted by atomic mass is 10.00. The van der Waals surface area contributed by atoms with Gasteiger partial charge in [0.15, 0.2) is 12.6 Å². The predicted molar refractivity (Wildman–Crippen MR) is 25.6 cm³/mol. The Morgan fingerprint density at radius 2 is 1.89 bits per heavy atom. The average molecular weight is 136 g/mol. The zero-order valence-electron chi connectivity index (χ0n) is 4.47. The second kappa shape index (κ2) is 1.91. The Morgan fingerprint density at radius 1 is 1.44 bits per heavy atom. The van der Waals surface area contributed by atoms with Gasteiger partial charge in [-0.05, 0) is 0 Å². The van der Waals surface area contributed by atoms with Gasteiger partial charge >= 0.3 is 0 Å². The number of rotatable bonds is 1. The van der Waals surface area contributed by atoms with Gasteiger partial charge in [-0.2, -0.15) is 0 Å². The number of alkyl halides is 2. The van der Waals surface area contributed by atoms with Gasteiger partial charge in [-0.25, -0.2) is 8.78 Å². The molecule has 0 saturated carbocycles. The third-order valence-electron chi connectivity index (χ3n) is 1.28. The van der Waals surface area contributed by atoms with E-state index in [1.165, 1.54) is 0 Å². The lowest BCUT2D eigenvalue weighted by Crippen LogP contribution is -2.61. The van der Waals surface area contributed by atoms with E-state index >= 15 is 0 Å². The summed E-state index contributed by atoms with van der Waals surface area (Å²) >= 11 is 0. The highest BCUT2D eigenvalue weighted by molar-refractivity contribution is 5.78. The molecule has 9 heavy (non-hydrogen) atoms. The molecule has 3 nitrogen and oxygen atoms in total. The number of primary amides is 1. The monoisotopic (exact) mass is 136 g/mol. The lowest BCUT2D eigenvalue weighted by Gasteiger charge is -2.33. The molecular weight excluding hydrogens is 130 g/mol. The van der Waals surface area contributed by atoms with Crippen LogP contribution in [0, 0.1) is 5.92 Å². The lowest BCUT2D eigenvalue weighted by molar-refractivity contribution is -0.137. The van der Waals surface area contributed by atoms with Crippen LogP contribution in [0.3, 0.4) is 0 Å². The molecule has 52 valence electrons. The first-order valence-electron chi connectivity index (χ1n) is 2.46. The minimum absolute atomic E-state index is 0.936. The molecule has 1 saturated heterocycles. The van der Waals surface area contributed by atoms with E-state index in [9.17, 15) is 13.6 Å². The molecule has 2 atom stereocenters. The molecule has 0 aromatic rings. The summed E-state index contributed by atoms with van der Waals surface area (Å²) in [6, 6.07) is 0. The molecule has 1 amide bonds. The Kier molecular flexibility index (Phi) is 1.36. The highest BCUT2D eigenvalue weighted by Gasteiger charge is 2.45. The minimum atomic E-state index is -1.60. The molecule has 0 spiro atoms. The zero-order valence-corrected chi connectivity index (χ0v) is 4.47. The summed E-state index contributed by atoms with van der Waals surface area (Å²) in [7, 11) is 0. The quantitative estimate of drug-likeness (QED) is 0.467. The fourth-order valence-electron chi connectivity index (χ4n) is 0.678. The Bertz CT molecular complexity index is 133. The van der Waals surface area contributed by atoms with E-state index in [0.717, 1.165) is 0 Å². The van der Waals surface area contributed by atoms with Crippen molar-refractivity contribution in [3.05, 3.63) is 0 Å². The van der Waals surface area contributed by atoms with Crippen LogP contribution in [0.4, 0.5) is 8.78 Å². The smallest absolute Gasteiger partial charge is 0.229 e. The molecule has 0 aliphatic carbocycles. The maximum atomic E-state index is 12.0. The van der Waals surface area contributed by atoms with Crippen molar-refractivity contribution in [3.63, 3.8) is 0 Å². The Hall–Kier alpha value is -0.710. The van der Waals surface area contributed by atoms with Crippen molar-refractivity contribution in [2.45, 2.75) is 12.6 Å². The number of halogens is 2. The fourth-order valence-corrected chi connectivity index (χ4v) is 0.678. The minimum Gasteiger partial charge on any atom is -0.369 e. The van der Waals surface area contributed by atoms with Crippen LogP contribution < -0.4 is 11.1 Å². The normalized spacial score (nSPS) is 41.8. The van der Waals surface area contributed by atoms with Crippen LogP contribution in [-0.2, 0) is 4.79 Å². The topological polar surface area (TPSA) is 55.1 Å². The number of hydrogen-bond donors (Lipinski definition) is 2. The zero-order chi connectivity index (χ0) is 7.02.